The fourth-order valence-corrected chi connectivity index (χ4v) is 4.65. The SMILES string of the molecule is CCCCCCCCn1c2ccccc2c2ccc(/C(=C/F)c3cccc(Cl)c3)cc21. The molecule has 0 radical (unpaired) electrons. The number of hydrogen-bond donors (Lipinski definition) is 0. The maximum Gasteiger partial charge on any atom is 0.0951 e. The maximum atomic E-state index is 14.0. The van der Waals surface area contributed by atoms with E-state index >= 15 is 0 Å². The zero-order chi connectivity index (χ0) is 21.6. The van der Waals surface area contributed by atoms with Gasteiger partial charge in [-0.05, 0) is 41.8 Å². The van der Waals surface area contributed by atoms with E-state index in [0.717, 1.165) is 29.6 Å². The van der Waals surface area contributed by atoms with E-state index in [1.165, 1.54) is 48.4 Å². The molecule has 0 spiro atoms. The first kappa shape index (κ1) is 21.6. The van der Waals surface area contributed by atoms with Crippen LogP contribution in [0.3, 0.4) is 0 Å². The number of aromatic nitrogens is 1. The lowest BCUT2D eigenvalue weighted by Crippen LogP contribution is -1.98. The van der Waals surface area contributed by atoms with E-state index in [4.69, 9.17) is 11.6 Å². The summed E-state index contributed by atoms with van der Waals surface area (Å²) >= 11 is 6.16. The highest BCUT2D eigenvalue weighted by Crippen LogP contribution is 2.34. The van der Waals surface area contributed by atoms with E-state index in [9.17, 15) is 4.39 Å². The Hall–Kier alpha value is -2.58. The Morgan fingerprint density at radius 2 is 1.55 bits per heavy atom. The average Bonchev–Trinajstić information content (AvgIpc) is 3.10. The molecule has 0 bridgehead atoms. The van der Waals surface area contributed by atoms with Gasteiger partial charge in [-0.15, -0.1) is 0 Å². The molecule has 1 heterocycles. The lowest BCUT2D eigenvalue weighted by molar-refractivity contribution is 0.571. The molecule has 0 atom stereocenters. The summed E-state index contributed by atoms with van der Waals surface area (Å²) < 4.78 is 16.4. The Balaban J connectivity index is 1.71. The van der Waals surface area contributed by atoms with Crippen LogP contribution < -0.4 is 0 Å². The maximum absolute atomic E-state index is 14.0. The van der Waals surface area contributed by atoms with Gasteiger partial charge in [-0.3, -0.25) is 0 Å². The summed E-state index contributed by atoms with van der Waals surface area (Å²) in [6, 6.07) is 22.2. The molecule has 0 fully saturated rings. The quantitative estimate of drug-likeness (QED) is 0.232. The summed E-state index contributed by atoms with van der Waals surface area (Å²) in [4.78, 5) is 0. The summed E-state index contributed by atoms with van der Waals surface area (Å²) in [5.74, 6) is 0. The molecule has 0 aliphatic rings. The topological polar surface area (TPSA) is 4.93 Å². The van der Waals surface area contributed by atoms with Crippen LogP contribution in [0, 0.1) is 0 Å². The predicted molar refractivity (Wildman–Crippen MR) is 132 cm³/mol. The van der Waals surface area contributed by atoms with Gasteiger partial charge in [0, 0.05) is 38.9 Å². The first-order valence-corrected chi connectivity index (χ1v) is 11.7. The summed E-state index contributed by atoms with van der Waals surface area (Å²) in [6.07, 6.45) is 8.28. The fourth-order valence-electron chi connectivity index (χ4n) is 4.46. The van der Waals surface area contributed by atoms with E-state index < -0.39 is 0 Å². The van der Waals surface area contributed by atoms with Crippen molar-refractivity contribution >= 4 is 39.0 Å². The van der Waals surface area contributed by atoms with E-state index in [0.29, 0.717) is 16.9 Å². The highest BCUT2D eigenvalue weighted by Gasteiger charge is 2.13. The molecule has 0 unspecified atom stereocenters. The van der Waals surface area contributed by atoms with Gasteiger partial charge in [-0.1, -0.05) is 93.1 Å². The normalized spacial score (nSPS) is 12.2. The zero-order valence-electron chi connectivity index (χ0n) is 18.1. The van der Waals surface area contributed by atoms with Crippen molar-refractivity contribution in [2.75, 3.05) is 0 Å². The molecule has 3 aromatic carbocycles. The van der Waals surface area contributed by atoms with Crippen LogP contribution in [0.4, 0.5) is 4.39 Å². The number of benzene rings is 3. The zero-order valence-corrected chi connectivity index (χ0v) is 18.8. The molecule has 4 aromatic rings. The van der Waals surface area contributed by atoms with Crippen LogP contribution in [0.25, 0.3) is 27.4 Å². The highest BCUT2D eigenvalue weighted by molar-refractivity contribution is 6.30. The second-order valence-corrected chi connectivity index (χ2v) is 8.64. The molecule has 160 valence electrons. The van der Waals surface area contributed by atoms with Crippen molar-refractivity contribution in [3.8, 4) is 0 Å². The molecule has 0 saturated carbocycles. The Morgan fingerprint density at radius 1 is 0.806 bits per heavy atom. The van der Waals surface area contributed by atoms with E-state index in [1.54, 1.807) is 0 Å². The lowest BCUT2D eigenvalue weighted by atomic mass is 9.98. The van der Waals surface area contributed by atoms with Crippen LogP contribution in [0.5, 0.6) is 0 Å². The Bertz CT molecular complexity index is 1200. The minimum atomic E-state index is 0.556. The van der Waals surface area contributed by atoms with Gasteiger partial charge < -0.3 is 4.57 Å². The number of para-hydroxylation sites is 1. The summed E-state index contributed by atoms with van der Waals surface area (Å²) in [7, 11) is 0. The summed E-state index contributed by atoms with van der Waals surface area (Å²) in [5, 5.41) is 3.08. The van der Waals surface area contributed by atoms with Crippen LogP contribution in [0.1, 0.15) is 56.6 Å². The Labute approximate surface area is 189 Å². The largest absolute Gasteiger partial charge is 0.340 e. The van der Waals surface area contributed by atoms with Gasteiger partial charge in [0.25, 0.3) is 0 Å². The third-order valence-electron chi connectivity index (χ3n) is 6.06. The highest BCUT2D eigenvalue weighted by atomic mass is 35.5. The number of aryl methyl sites for hydroxylation is 1. The minimum Gasteiger partial charge on any atom is -0.340 e. The average molecular weight is 434 g/mol. The first-order valence-electron chi connectivity index (χ1n) is 11.3. The number of fused-ring (bicyclic) bond motifs is 3. The number of unbranched alkanes of at least 4 members (excludes halogenated alkanes) is 5. The van der Waals surface area contributed by atoms with Crippen molar-refractivity contribution in [3.63, 3.8) is 0 Å². The molecule has 0 saturated heterocycles. The summed E-state index contributed by atoms with van der Waals surface area (Å²) in [6.45, 7) is 3.23. The van der Waals surface area contributed by atoms with Crippen molar-refractivity contribution in [2.45, 2.75) is 52.0 Å². The van der Waals surface area contributed by atoms with Crippen LogP contribution in [0.15, 0.2) is 73.1 Å². The molecule has 0 N–H and O–H groups in total. The molecular formula is C28H29ClFN. The van der Waals surface area contributed by atoms with Gasteiger partial charge in [0.15, 0.2) is 0 Å². The van der Waals surface area contributed by atoms with E-state index in [2.05, 4.69) is 47.9 Å². The Kier molecular flexibility index (Phi) is 7.09. The van der Waals surface area contributed by atoms with Gasteiger partial charge in [-0.25, -0.2) is 4.39 Å². The smallest absolute Gasteiger partial charge is 0.0951 e. The number of halogens is 2. The number of hydrogen-bond acceptors (Lipinski definition) is 0. The van der Waals surface area contributed by atoms with Crippen LogP contribution in [0.2, 0.25) is 5.02 Å². The second-order valence-electron chi connectivity index (χ2n) is 8.20. The van der Waals surface area contributed by atoms with E-state index in [-0.39, 0.29) is 0 Å². The molecule has 31 heavy (non-hydrogen) atoms. The molecule has 0 aliphatic carbocycles. The standard InChI is InChI=1S/C28H29ClFN/c1-2-3-4-5-6-9-17-31-27-14-8-7-13-24(27)25-16-15-22(19-28(25)31)26(20-30)21-11-10-12-23(29)18-21/h7-8,10-16,18-20H,2-6,9,17H2,1H3/b26-20+. The molecule has 1 nitrogen and oxygen atoms in total. The van der Waals surface area contributed by atoms with Gasteiger partial charge in [0.1, 0.15) is 0 Å². The Morgan fingerprint density at radius 3 is 2.35 bits per heavy atom. The molecule has 0 aliphatic heterocycles. The van der Waals surface area contributed by atoms with Gasteiger partial charge >= 0.3 is 0 Å². The minimum absolute atomic E-state index is 0.556. The van der Waals surface area contributed by atoms with Crippen molar-refractivity contribution < 1.29 is 4.39 Å². The van der Waals surface area contributed by atoms with Crippen LogP contribution in [-0.2, 0) is 6.54 Å². The molecule has 0 amide bonds. The molecular weight excluding hydrogens is 405 g/mol. The third kappa shape index (κ3) is 4.70. The van der Waals surface area contributed by atoms with Gasteiger partial charge in [0.2, 0.25) is 0 Å². The van der Waals surface area contributed by atoms with Gasteiger partial charge in [0.05, 0.1) is 6.33 Å². The molecule has 3 heteroatoms. The van der Waals surface area contributed by atoms with E-state index in [1.807, 2.05) is 30.3 Å². The van der Waals surface area contributed by atoms with Crippen LogP contribution >= 0.6 is 11.6 Å². The molecule has 4 rings (SSSR count). The number of nitrogens with zero attached hydrogens (tertiary/aromatic N) is 1. The monoisotopic (exact) mass is 433 g/mol. The molecule has 1 aromatic heterocycles. The van der Waals surface area contributed by atoms with Crippen molar-refractivity contribution in [3.05, 3.63) is 89.2 Å². The first-order chi connectivity index (χ1) is 15.2. The van der Waals surface area contributed by atoms with Crippen molar-refractivity contribution in [2.24, 2.45) is 0 Å². The van der Waals surface area contributed by atoms with Crippen LogP contribution in [-0.4, -0.2) is 4.57 Å². The lowest BCUT2D eigenvalue weighted by Gasteiger charge is -2.11. The van der Waals surface area contributed by atoms with Gasteiger partial charge in [-0.2, -0.15) is 0 Å². The number of rotatable bonds is 9. The third-order valence-corrected chi connectivity index (χ3v) is 6.30. The fraction of sp³-hybridized carbons (Fsp3) is 0.286. The second kappa shape index (κ2) is 10.2. The van der Waals surface area contributed by atoms with Crippen molar-refractivity contribution in [1.82, 2.24) is 4.57 Å². The summed E-state index contributed by atoms with van der Waals surface area (Å²) in [5.41, 5.74) is 4.61. The predicted octanol–water partition coefficient (Wildman–Crippen LogP) is 9.17. The van der Waals surface area contributed by atoms with Crippen molar-refractivity contribution in [1.29, 1.82) is 0 Å².